The number of aliphatic carboxylic acids is 1. The highest BCUT2D eigenvalue weighted by molar-refractivity contribution is 5.85. The molecule has 1 N–H and O–H groups in total. The van der Waals surface area contributed by atoms with Gasteiger partial charge in [0.2, 0.25) is 0 Å². The number of carbonyl (C=O) groups is 1. The molecule has 134 valence electrons. The van der Waals surface area contributed by atoms with E-state index in [0.717, 1.165) is 12.8 Å². The van der Waals surface area contributed by atoms with E-state index in [2.05, 4.69) is 13.5 Å². The number of carboxylic acid groups (broad SMARTS) is 1. The highest BCUT2D eigenvalue weighted by Gasteiger charge is 2.36. The maximum atomic E-state index is 10.6. The molecule has 0 saturated carbocycles. The normalized spacial score (nSPS) is 19.7. The quantitative estimate of drug-likeness (QED) is 0.219. The van der Waals surface area contributed by atoms with E-state index in [1.807, 2.05) is 0 Å². The Morgan fingerprint density at radius 2 is 1.35 bits per heavy atom. The largest absolute Gasteiger partial charge is 0.478 e. The minimum atomic E-state index is -0.850. The summed E-state index contributed by atoms with van der Waals surface area (Å²) in [5.41, 5.74) is 0.347. The van der Waals surface area contributed by atoms with E-state index >= 15 is 0 Å². The summed E-state index contributed by atoms with van der Waals surface area (Å²) in [6.45, 7) is 5.81. The van der Waals surface area contributed by atoms with Crippen LogP contribution >= 0.6 is 0 Å². The van der Waals surface area contributed by atoms with Crippen LogP contribution in [0, 0.1) is 0 Å². The maximum absolute atomic E-state index is 10.6. The first-order chi connectivity index (χ1) is 11.1. The predicted molar refractivity (Wildman–Crippen MR) is 95.7 cm³/mol. The summed E-state index contributed by atoms with van der Waals surface area (Å²) in [5, 5.41) is 8.71. The minimum Gasteiger partial charge on any atom is -0.478 e. The molecular formula is C20H36O3. The van der Waals surface area contributed by atoms with Gasteiger partial charge in [0.15, 0.2) is 0 Å². The third kappa shape index (κ3) is 10.5. The van der Waals surface area contributed by atoms with Gasteiger partial charge in [0, 0.05) is 5.57 Å². The average Bonchev–Trinajstić information content (AvgIpc) is 3.27. The maximum Gasteiger partial charge on any atom is 0.330 e. The number of ether oxygens (including phenoxy) is 1. The van der Waals surface area contributed by atoms with Crippen molar-refractivity contribution in [1.82, 2.24) is 0 Å². The van der Waals surface area contributed by atoms with Crippen LogP contribution in [-0.2, 0) is 9.53 Å². The van der Waals surface area contributed by atoms with Crippen molar-refractivity contribution in [2.45, 2.75) is 109 Å². The van der Waals surface area contributed by atoms with Crippen molar-refractivity contribution >= 4 is 5.97 Å². The van der Waals surface area contributed by atoms with Crippen LogP contribution in [0.5, 0.6) is 0 Å². The third-order valence-electron chi connectivity index (χ3n) is 4.80. The zero-order chi connectivity index (χ0) is 16.9. The predicted octanol–water partition coefficient (Wildman–Crippen LogP) is 5.88. The summed E-state index contributed by atoms with van der Waals surface area (Å²) in [6, 6.07) is 0. The Morgan fingerprint density at radius 1 is 0.870 bits per heavy atom. The molecule has 1 aliphatic heterocycles. The second-order valence-electron chi connectivity index (χ2n) is 6.98. The highest BCUT2D eigenvalue weighted by atomic mass is 16.6. The van der Waals surface area contributed by atoms with Crippen LogP contribution in [0.1, 0.15) is 96.8 Å². The summed E-state index contributed by atoms with van der Waals surface area (Å²) >= 11 is 0. The standard InChI is InChI=1S/C20H36O3/c1-3-4-11-15-18-19(23-18)16-13-10-8-6-5-7-9-12-14-17(2)20(21)22/h18-19H,2-16H2,1H3,(H,21,22). The van der Waals surface area contributed by atoms with Gasteiger partial charge in [-0.15, -0.1) is 0 Å². The molecule has 0 radical (unpaired) electrons. The van der Waals surface area contributed by atoms with E-state index in [9.17, 15) is 4.79 Å². The summed E-state index contributed by atoms with van der Waals surface area (Å²) in [4.78, 5) is 10.6. The summed E-state index contributed by atoms with van der Waals surface area (Å²) in [6.07, 6.45) is 18.2. The van der Waals surface area contributed by atoms with Gasteiger partial charge < -0.3 is 9.84 Å². The van der Waals surface area contributed by atoms with Crippen LogP contribution in [0.2, 0.25) is 0 Å². The number of rotatable bonds is 16. The van der Waals surface area contributed by atoms with Crippen LogP contribution < -0.4 is 0 Å². The van der Waals surface area contributed by atoms with E-state index in [0.29, 0.717) is 24.2 Å². The molecule has 0 spiro atoms. The molecule has 0 aromatic carbocycles. The molecule has 1 fully saturated rings. The second kappa shape index (κ2) is 12.6. The molecule has 3 nitrogen and oxygen atoms in total. The van der Waals surface area contributed by atoms with Gasteiger partial charge in [0.25, 0.3) is 0 Å². The molecule has 0 aromatic heterocycles. The molecule has 3 heteroatoms. The number of hydrogen-bond acceptors (Lipinski definition) is 2. The summed E-state index contributed by atoms with van der Waals surface area (Å²) in [5.74, 6) is -0.850. The Kier molecular flexibility index (Phi) is 11.1. The Morgan fingerprint density at radius 3 is 1.87 bits per heavy atom. The number of epoxide rings is 1. The molecule has 0 aliphatic carbocycles. The topological polar surface area (TPSA) is 49.8 Å². The summed E-state index contributed by atoms with van der Waals surface area (Å²) in [7, 11) is 0. The van der Waals surface area contributed by atoms with Crippen molar-refractivity contribution in [2.75, 3.05) is 0 Å². The Balaban J connectivity index is 1.76. The first kappa shape index (κ1) is 20.2. The number of carboxylic acids is 1. The highest BCUT2D eigenvalue weighted by Crippen LogP contribution is 2.31. The monoisotopic (exact) mass is 324 g/mol. The second-order valence-corrected chi connectivity index (χ2v) is 6.98. The lowest BCUT2D eigenvalue weighted by Gasteiger charge is -2.02. The van der Waals surface area contributed by atoms with Crippen molar-refractivity contribution in [3.8, 4) is 0 Å². The van der Waals surface area contributed by atoms with Crippen LogP contribution in [-0.4, -0.2) is 23.3 Å². The fraction of sp³-hybridized carbons (Fsp3) is 0.850. The third-order valence-corrected chi connectivity index (χ3v) is 4.80. The lowest BCUT2D eigenvalue weighted by atomic mass is 10.0. The SMILES string of the molecule is C=C(CCCCCCCCCCC1OC1CCCCC)C(=O)O. The number of unbranched alkanes of at least 4 members (excludes halogenated alkanes) is 9. The van der Waals surface area contributed by atoms with E-state index in [-0.39, 0.29) is 0 Å². The molecule has 0 amide bonds. The first-order valence-electron chi connectivity index (χ1n) is 9.71. The van der Waals surface area contributed by atoms with Crippen LogP contribution in [0.3, 0.4) is 0 Å². The molecule has 2 atom stereocenters. The molecule has 23 heavy (non-hydrogen) atoms. The minimum absolute atomic E-state index is 0.347. The van der Waals surface area contributed by atoms with E-state index < -0.39 is 5.97 Å². The molecular weight excluding hydrogens is 288 g/mol. The van der Waals surface area contributed by atoms with E-state index in [1.165, 1.54) is 70.6 Å². The van der Waals surface area contributed by atoms with Crippen molar-refractivity contribution in [1.29, 1.82) is 0 Å². The van der Waals surface area contributed by atoms with Gasteiger partial charge >= 0.3 is 5.97 Å². The molecule has 2 unspecified atom stereocenters. The van der Waals surface area contributed by atoms with Crippen LogP contribution in [0.25, 0.3) is 0 Å². The van der Waals surface area contributed by atoms with Gasteiger partial charge in [0.05, 0.1) is 12.2 Å². The van der Waals surface area contributed by atoms with Gasteiger partial charge in [0.1, 0.15) is 0 Å². The van der Waals surface area contributed by atoms with Crippen LogP contribution in [0.15, 0.2) is 12.2 Å². The molecule has 1 saturated heterocycles. The molecule has 0 bridgehead atoms. The van der Waals surface area contributed by atoms with Crippen molar-refractivity contribution in [2.24, 2.45) is 0 Å². The van der Waals surface area contributed by atoms with Crippen LogP contribution in [0.4, 0.5) is 0 Å². The molecule has 1 rings (SSSR count). The van der Waals surface area contributed by atoms with Crippen molar-refractivity contribution in [3.63, 3.8) is 0 Å². The molecule has 0 aromatic rings. The zero-order valence-electron chi connectivity index (χ0n) is 15.0. The smallest absolute Gasteiger partial charge is 0.330 e. The fourth-order valence-corrected chi connectivity index (χ4v) is 3.13. The summed E-state index contributed by atoms with van der Waals surface area (Å²) < 4.78 is 5.72. The van der Waals surface area contributed by atoms with Gasteiger partial charge in [-0.05, 0) is 25.7 Å². The van der Waals surface area contributed by atoms with Gasteiger partial charge in [-0.3, -0.25) is 0 Å². The Labute approximate surface area is 142 Å². The van der Waals surface area contributed by atoms with E-state index in [1.54, 1.807) is 0 Å². The van der Waals surface area contributed by atoms with Gasteiger partial charge in [-0.2, -0.15) is 0 Å². The Hall–Kier alpha value is -0.830. The van der Waals surface area contributed by atoms with Gasteiger partial charge in [-0.1, -0.05) is 77.7 Å². The first-order valence-corrected chi connectivity index (χ1v) is 9.71. The molecule has 1 aliphatic rings. The number of hydrogen-bond donors (Lipinski definition) is 1. The molecule has 1 heterocycles. The lowest BCUT2D eigenvalue weighted by Crippen LogP contribution is -1.98. The van der Waals surface area contributed by atoms with Gasteiger partial charge in [-0.25, -0.2) is 4.79 Å². The van der Waals surface area contributed by atoms with E-state index in [4.69, 9.17) is 9.84 Å². The zero-order valence-corrected chi connectivity index (χ0v) is 15.0. The van der Waals surface area contributed by atoms with Crippen molar-refractivity contribution < 1.29 is 14.6 Å². The fourth-order valence-electron chi connectivity index (χ4n) is 3.13. The van der Waals surface area contributed by atoms with Crippen molar-refractivity contribution in [3.05, 3.63) is 12.2 Å². The Bertz CT molecular complexity index is 338. The lowest BCUT2D eigenvalue weighted by molar-refractivity contribution is -0.132. The average molecular weight is 325 g/mol.